The van der Waals surface area contributed by atoms with Crippen LogP contribution in [0.2, 0.25) is 0 Å². The SMILES string of the molecule is C=CCCOC(=O)N(CCOCCO)C1CC(=NOC(C)(C)C)C2=CC(CCCCO)C(CCCCO)C3c4cc(OCCSc5ccccc5)ccc4OC1(OCC=C)C23. The molecular formula is C48H68N2O10S. The molecule has 13 heteroatoms. The van der Waals surface area contributed by atoms with E-state index in [2.05, 4.69) is 37.4 Å². The minimum absolute atomic E-state index is 0.0571. The predicted octanol–water partition coefficient (Wildman–Crippen LogP) is 8.31. The number of thioether (sulfide) groups is 1. The second-order valence-corrected chi connectivity index (χ2v) is 17.9. The van der Waals surface area contributed by atoms with Crippen LogP contribution in [0.4, 0.5) is 4.79 Å². The summed E-state index contributed by atoms with van der Waals surface area (Å²) in [7, 11) is 0. The van der Waals surface area contributed by atoms with E-state index < -0.39 is 29.4 Å². The minimum Gasteiger partial charge on any atom is -0.493 e. The topological polar surface area (TPSA) is 149 Å². The standard InChI is InChI=1S/C48H68N2O10S/c1-6-8-27-57-46(54)50(22-28-55-29-25-53)43-34-41(49-60-47(3,4)5)39-32-35(16-12-14-23-51)38(19-13-15-24-52)44-40-33-36(56-30-31-61-37-17-10-9-11-18-37)20-21-42(40)59-48(43,45(39)44)58-26-7-2/h6-7,9-11,17-18,20-21,32-33,35,38,43-45,51-53H,1-2,8,12-16,19,22-31,34H2,3-5H3. The summed E-state index contributed by atoms with van der Waals surface area (Å²) in [6.45, 7) is 14.8. The molecule has 2 aromatic rings. The highest BCUT2D eigenvalue weighted by molar-refractivity contribution is 7.99. The van der Waals surface area contributed by atoms with Crippen LogP contribution in [0.3, 0.4) is 0 Å². The van der Waals surface area contributed by atoms with Crippen LogP contribution in [0.5, 0.6) is 11.5 Å². The first kappa shape index (κ1) is 48.2. The van der Waals surface area contributed by atoms with Crippen molar-refractivity contribution in [1.82, 2.24) is 4.90 Å². The Labute approximate surface area is 366 Å². The number of oxime groups is 1. The van der Waals surface area contributed by atoms with Crippen molar-refractivity contribution in [3.05, 3.63) is 91.1 Å². The van der Waals surface area contributed by atoms with Crippen molar-refractivity contribution in [2.45, 2.75) is 100 Å². The molecule has 0 radical (unpaired) electrons. The van der Waals surface area contributed by atoms with Crippen molar-refractivity contribution in [2.24, 2.45) is 22.9 Å². The van der Waals surface area contributed by atoms with Crippen molar-refractivity contribution in [3.8, 4) is 11.5 Å². The van der Waals surface area contributed by atoms with Crippen LogP contribution in [0, 0.1) is 17.8 Å². The third-order valence-corrected chi connectivity index (χ3v) is 12.3. The maximum Gasteiger partial charge on any atom is 0.410 e. The Hall–Kier alpha value is -3.85. The molecule has 1 aliphatic heterocycles. The maximum absolute atomic E-state index is 14.4. The first-order chi connectivity index (χ1) is 29.6. The number of carbonyl (C=O) groups excluding carboxylic acids is 1. The molecule has 1 heterocycles. The van der Waals surface area contributed by atoms with E-state index in [4.69, 9.17) is 33.7 Å². The number of unbranched alkanes of at least 4 members (excludes halogenated alkanes) is 2. The molecule has 61 heavy (non-hydrogen) atoms. The first-order valence-electron chi connectivity index (χ1n) is 21.9. The smallest absolute Gasteiger partial charge is 0.410 e. The molecular weight excluding hydrogens is 797 g/mol. The van der Waals surface area contributed by atoms with Gasteiger partial charge in [-0.05, 0) is 101 Å². The molecule has 6 unspecified atom stereocenters. The number of rotatable bonds is 26. The Bertz CT molecular complexity index is 1750. The molecule has 0 aromatic heterocycles. The van der Waals surface area contributed by atoms with Gasteiger partial charge in [0.05, 0.1) is 51.3 Å². The Morgan fingerprint density at radius 2 is 1.74 bits per heavy atom. The quantitative estimate of drug-likeness (QED) is 0.0363. The number of aliphatic hydroxyl groups excluding tert-OH is 3. The lowest BCUT2D eigenvalue weighted by atomic mass is 9.55. The molecule has 6 atom stereocenters. The molecule has 3 aliphatic rings. The van der Waals surface area contributed by atoms with Gasteiger partial charge < -0.3 is 43.8 Å². The number of aliphatic hydroxyl groups is 3. The number of hydrogen-bond donors (Lipinski definition) is 3. The largest absolute Gasteiger partial charge is 0.493 e. The summed E-state index contributed by atoms with van der Waals surface area (Å²) in [5.74, 6) is 0.117. The first-order valence-corrected chi connectivity index (χ1v) is 22.9. The van der Waals surface area contributed by atoms with E-state index in [-0.39, 0.29) is 77.0 Å². The van der Waals surface area contributed by atoms with Gasteiger partial charge in [-0.25, -0.2) is 4.79 Å². The van der Waals surface area contributed by atoms with E-state index in [0.717, 1.165) is 48.3 Å². The van der Waals surface area contributed by atoms with E-state index in [1.54, 1.807) is 28.8 Å². The van der Waals surface area contributed by atoms with Gasteiger partial charge in [0, 0.05) is 48.3 Å². The number of carbonyl (C=O) groups is 1. The highest BCUT2D eigenvalue weighted by Crippen LogP contribution is 2.62. The molecule has 0 bridgehead atoms. The molecule has 2 aromatic carbocycles. The summed E-state index contributed by atoms with van der Waals surface area (Å²) >= 11 is 1.74. The molecule has 1 fully saturated rings. The van der Waals surface area contributed by atoms with E-state index in [1.807, 2.05) is 51.1 Å². The monoisotopic (exact) mass is 864 g/mol. The molecule has 12 nitrogen and oxygen atoms in total. The third kappa shape index (κ3) is 12.9. The third-order valence-electron chi connectivity index (χ3n) is 11.3. The normalized spacial score (nSPS) is 23.5. The number of ether oxygens (including phenoxy) is 5. The lowest BCUT2D eigenvalue weighted by Gasteiger charge is -2.60. The molecule has 3 N–H and O–H groups in total. The fourth-order valence-corrected chi connectivity index (χ4v) is 9.53. The summed E-state index contributed by atoms with van der Waals surface area (Å²) in [4.78, 5) is 23.4. The lowest BCUT2D eigenvalue weighted by Crippen LogP contribution is -2.70. The van der Waals surface area contributed by atoms with Crippen LogP contribution >= 0.6 is 11.8 Å². The maximum atomic E-state index is 14.4. The number of fused-ring (bicyclic) bond motifs is 2. The number of allylic oxidation sites excluding steroid dienone is 1. The average Bonchev–Trinajstić information content (AvgIpc) is 3.25. The van der Waals surface area contributed by atoms with Crippen molar-refractivity contribution >= 4 is 23.6 Å². The van der Waals surface area contributed by atoms with Gasteiger partial charge in [0.15, 0.2) is 0 Å². The zero-order valence-electron chi connectivity index (χ0n) is 36.4. The van der Waals surface area contributed by atoms with Crippen molar-refractivity contribution in [1.29, 1.82) is 0 Å². The van der Waals surface area contributed by atoms with E-state index in [9.17, 15) is 20.1 Å². The highest BCUT2D eigenvalue weighted by atomic mass is 32.2. The van der Waals surface area contributed by atoms with E-state index in [0.29, 0.717) is 37.3 Å². The van der Waals surface area contributed by atoms with Gasteiger partial charge >= 0.3 is 6.09 Å². The van der Waals surface area contributed by atoms with E-state index >= 15 is 0 Å². The van der Waals surface area contributed by atoms with Crippen LogP contribution in [-0.2, 0) is 19.0 Å². The van der Waals surface area contributed by atoms with Gasteiger partial charge in [0.1, 0.15) is 23.1 Å². The second-order valence-electron chi connectivity index (χ2n) is 16.7. The Balaban J connectivity index is 1.70. The number of amides is 1. The highest BCUT2D eigenvalue weighted by Gasteiger charge is 2.65. The number of benzene rings is 2. The predicted molar refractivity (Wildman–Crippen MR) is 239 cm³/mol. The van der Waals surface area contributed by atoms with Crippen molar-refractivity contribution in [2.75, 3.05) is 65.2 Å². The van der Waals surface area contributed by atoms with Crippen LogP contribution in [0.15, 0.2) is 95.5 Å². The molecule has 5 rings (SSSR count). The average molecular weight is 865 g/mol. The number of nitrogens with zero attached hydrogens (tertiary/aromatic N) is 2. The second kappa shape index (κ2) is 24.1. The van der Waals surface area contributed by atoms with Gasteiger partial charge in [-0.3, -0.25) is 4.90 Å². The summed E-state index contributed by atoms with van der Waals surface area (Å²) < 4.78 is 32.4. The molecule has 336 valence electrons. The van der Waals surface area contributed by atoms with E-state index in [1.165, 1.54) is 4.90 Å². The molecule has 2 aliphatic carbocycles. The van der Waals surface area contributed by atoms with Gasteiger partial charge in [0.2, 0.25) is 5.79 Å². The Kier molecular flexibility index (Phi) is 19.1. The van der Waals surface area contributed by atoms with Crippen LogP contribution in [0.1, 0.15) is 83.6 Å². The van der Waals surface area contributed by atoms with Crippen molar-refractivity contribution < 1.29 is 48.6 Å². The Morgan fingerprint density at radius 3 is 2.44 bits per heavy atom. The molecule has 1 saturated carbocycles. The summed E-state index contributed by atoms with van der Waals surface area (Å²) in [5.41, 5.74) is 1.99. The summed E-state index contributed by atoms with van der Waals surface area (Å²) in [6.07, 6.45) is 10.4. The Morgan fingerprint density at radius 1 is 0.967 bits per heavy atom. The minimum atomic E-state index is -1.45. The van der Waals surface area contributed by atoms with Crippen LogP contribution in [-0.4, -0.2) is 115 Å². The lowest BCUT2D eigenvalue weighted by molar-refractivity contribution is -0.256. The fourth-order valence-electron chi connectivity index (χ4n) is 8.78. The summed E-state index contributed by atoms with van der Waals surface area (Å²) in [6, 6.07) is 15.5. The zero-order valence-corrected chi connectivity index (χ0v) is 37.2. The fraction of sp³-hybridized carbons (Fsp3) is 0.583. The zero-order chi connectivity index (χ0) is 43.7. The van der Waals surface area contributed by atoms with Gasteiger partial charge in [-0.15, -0.1) is 24.9 Å². The van der Waals surface area contributed by atoms with Crippen LogP contribution in [0.25, 0.3) is 0 Å². The van der Waals surface area contributed by atoms with Gasteiger partial charge in [-0.2, -0.15) is 0 Å². The molecule has 0 spiro atoms. The van der Waals surface area contributed by atoms with Gasteiger partial charge in [0.25, 0.3) is 0 Å². The summed E-state index contributed by atoms with van der Waals surface area (Å²) in [5, 5.41) is 34.3. The van der Waals surface area contributed by atoms with Crippen LogP contribution < -0.4 is 9.47 Å². The molecule has 0 saturated heterocycles. The molecule has 1 amide bonds. The van der Waals surface area contributed by atoms with Gasteiger partial charge in [-0.1, -0.05) is 54.4 Å². The van der Waals surface area contributed by atoms with Crippen molar-refractivity contribution in [3.63, 3.8) is 0 Å². The number of hydrogen-bond acceptors (Lipinski definition) is 12.